The average Bonchev–Trinajstić information content (AvgIpc) is 2.78. The standard InChI is InChI=1S/C11H21N3O/c1-12-11(15)14-8-2-3-10(14)9-4-6-13-7-5-9/h9-10,13H,2-8H2,1H3,(H,12,15)/t10-/m0/s1. The Morgan fingerprint density at radius 1 is 1.33 bits per heavy atom. The van der Waals surface area contributed by atoms with Gasteiger partial charge in [-0.3, -0.25) is 0 Å². The number of carbonyl (C=O) groups excluding carboxylic acids is 1. The Kier molecular flexibility index (Phi) is 3.46. The first-order valence-corrected chi connectivity index (χ1v) is 6.02. The summed E-state index contributed by atoms with van der Waals surface area (Å²) in [6.07, 6.45) is 4.80. The zero-order chi connectivity index (χ0) is 10.7. The molecule has 2 rings (SSSR count). The Bertz CT molecular complexity index is 226. The Labute approximate surface area is 91.4 Å². The maximum Gasteiger partial charge on any atom is 0.317 e. The number of rotatable bonds is 1. The lowest BCUT2D eigenvalue weighted by molar-refractivity contribution is 0.161. The number of carbonyl (C=O) groups is 1. The highest BCUT2D eigenvalue weighted by Gasteiger charge is 2.34. The molecule has 2 fully saturated rings. The van der Waals surface area contributed by atoms with Gasteiger partial charge in [0.2, 0.25) is 0 Å². The summed E-state index contributed by atoms with van der Waals surface area (Å²) in [6, 6.07) is 0.600. The first-order valence-electron chi connectivity index (χ1n) is 6.02. The Balaban J connectivity index is 1.97. The van der Waals surface area contributed by atoms with Gasteiger partial charge >= 0.3 is 6.03 Å². The van der Waals surface area contributed by atoms with E-state index in [1.165, 1.54) is 25.7 Å². The quantitative estimate of drug-likeness (QED) is 0.673. The minimum absolute atomic E-state index is 0.107. The molecule has 4 nitrogen and oxygen atoms in total. The third kappa shape index (κ3) is 2.25. The molecule has 0 aromatic heterocycles. The molecule has 0 unspecified atom stereocenters. The molecule has 0 spiro atoms. The van der Waals surface area contributed by atoms with E-state index in [0.717, 1.165) is 19.6 Å². The SMILES string of the molecule is CNC(=O)N1CCC[C@H]1C1CCNCC1. The molecule has 0 bridgehead atoms. The van der Waals surface area contributed by atoms with Gasteiger partial charge in [0.15, 0.2) is 0 Å². The van der Waals surface area contributed by atoms with Gasteiger partial charge in [-0.1, -0.05) is 0 Å². The number of urea groups is 1. The molecule has 0 radical (unpaired) electrons. The smallest absolute Gasteiger partial charge is 0.317 e. The van der Waals surface area contributed by atoms with Crippen LogP contribution in [0, 0.1) is 5.92 Å². The lowest BCUT2D eigenvalue weighted by Gasteiger charge is -2.34. The normalized spacial score (nSPS) is 28.1. The Morgan fingerprint density at radius 3 is 2.73 bits per heavy atom. The van der Waals surface area contributed by atoms with Crippen LogP contribution in [0.25, 0.3) is 0 Å². The molecule has 2 aliphatic rings. The molecule has 2 saturated heterocycles. The van der Waals surface area contributed by atoms with Crippen molar-refractivity contribution in [3.63, 3.8) is 0 Å². The van der Waals surface area contributed by atoms with Crippen molar-refractivity contribution < 1.29 is 4.79 Å². The molecular weight excluding hydrogens is 190 g/mol. The molecule has 15 heavy (non-hydrogen) atoms. The van der Waals surface area contributed by atoms with Crippen molar-refractivity contribution in [1.29, 1.82) is 0 Å². The summed E-state index contributed by atoms with van der Waals surface area (Å²) in [4.78, 5) is 13.7. The van der Waals surface area contributed by atoms with Crippen molar-refractivity contribution in [2.75, 3.05) is 26.7 Å². The van der Waals surface area contributed by atoms with E-state index in [1.54, 1.807) is 7.05 Å². The van der Waals surface area contributed by atoms with E-state index < -0.39 is 0 Å². The average molecular weight is 211 g/mol. The van der Waals surface area contributed by atoms with E-state index in [1.807, 2.05) is 4.90 Å². The Morgan fingerprint density at radius 2 is 2.07 bits per heavy atom. The third-order valence-electron chi connectivity index (χ3n) is 3.70. The van der Waals surface area contributed by atoms with Crippen molar-refractivity contribution in [3.05, 3.63) is 0 Å². The minimum Gasteiger partial charge on any atom is -0.341 e. The third-order valence-corrected chi connectivity index (χ3v) is 3.70. The molecular formula is C11H21N3O. The van der Waals surface area contributed by atoms with Crippen LogP contribution in [0.4, 0.5) is 4.79 Å². The topological polar surface area (TPSA) is 44.4 Å². The van der Waals surface area contributed by atoms with Crippen molar-refractivity contribution in [2.24, 2.45) is 5.92 Å². The maximum absolute atomic E-state index is 11.7. The molecule has 2 aliphatic heterocycles. The summed E-state index contributed by atoms with van der Waals surface area (Å²) in [7, 11) is 1.72. The van der Waals surface area contributed by atoms with Gasteiger partial charge in [0, 0.05) is 19.6 Å². The van der Waals surface area contributed by atoms with E-state index in [0.29, 0.717) is 12.0 Å². The lowest BCUT2D eigenvalue weighted by Crippen LogP contribution is -2.46. The predicted molar refractivity (Wildman–Crippen MR) is 59.8 cm³/mol. The number of likely N-dealkylation sites (tertiary alicyclic amines) is 1. The highest BCUT2D eigenvalue weighted by molar-refractivity contribution is 5.74. The predicted octanol–water partition coefficient (Wildman–Crippen LogP) is 0.790. The van der Waals surface area contributed by atoms with Gasteiger partial charge in [-0.25, -0.2) is 4.79 Å². The molecule has 0 aromatic carbocycles. The van der Waals surface area contributed by atoms with Crippen molar-refractivity contribution in [3.8, 4) is 0 Å². The highest BCUT2D eigenvalue weighted by atomic mass is 16.2. The van der Waals surface area contributed by atoms with Crippen LogP contribution in [-0.2, 0) is 0 Å². The van der Waals surface area contributed by atoms with Crippen LogP contribution in [0.2, 0.25) is 0 Å². The Hall–Kier alpha value is -0.770. The molecule has 2 N–H and O–H groups in total. The van der Waals surface area contributed by atoms with Crippen LogP contribution in [0.5, 0.6) is 0 Å². The molecule has 86 valence electrons. The molecule has 0 aliphatic carbocycles. The summed E-state index contributed by atoms with van der Waals surface area (Å²) >= 11 is 0. The fraction of sp³-hybridized carbons (Fsp3) is 0.909. The van der Waals surface area contributed by atoms with Crippen LogP contribution in [0.15, 0.2) is 0 Å². The van der Waals surface area contributed by atoms with Gasteiger partial charge in [0.25, 0.3) is 0 Å². The van der Waals surface area contributed by atoms with Crippen LogP contribution in [0.1, 0.15) is 25.7 Å². The zero-order valence-corrected chi connectivity index (χ0v) is 9.46. The summed E-state index contributed by atoms with van der Waals surface area (Å²) in [5.74, 6) is 0.714. The first kappa shape index (κ1) is 10.7. The second-order valence-corrected chi connectivity index (χ2v) is 4.55. The molecule has 0 saturated carbocycles. The van der Waals surface area contributed by atoms with E-state index >= 15 is 0 Å². The molecule has 4 heteroatoms. The van der Waals surface area contributed by atoms with E-state index in [4.69, 9.17) is 0 Å². The maximum atomic E-state index is 11.7. The number of hydrogen-bond donors (Lipinski definition) is 2. The van der Waals surface area contributed by atoms with Gasteiger partial charge in [0.1, 0.15) is 0 Å². The van der Waals surface area contributed by atoms with E-state index in [9.17, 15) is 4.79 Å². The molecule has 2 heterocycles. The summed E-state index contributed by atoms with van der Waals surface area (Å²) in [5.41, 5.74) is 0. The van der Waals surface area contributed by atoms with Gasteiger partial charge in [0.05, 0.1) is 0 Å². The van der Waals surface area contributed by atoms with Crippen LogP contribution >= 0.6 is 0 Å². The summed E-state index contributed by atoms with van der Waals surface area (Å²) in [6.45, 7) is 3.17. The number of hydrogen-bond acceptors (Lipinski definition) is 2. The van der Waals surface area contributed by atoms with E-state index in [2.05, 4.69) is 10.6 Å². The monoisotopic (exact) mass is 211 g/mol. The fourth-order valence-corrected chi connectivity index (χ4v) is 2.91. The van der Waals surface area contributed by atoms with Gasteiger partial charge in [-0.2, -0.15) is 0 Å². The first-order chi connectivity index (χ1) is 7.33. The lowest BCUT2D eigenvalue weighted by atomic mass is 9.89. The summed E-state index contributed by atoms with van der Waals surface area (Å²) in [5, 5.41) is 6.12. The minimum atomic E-state index is 0.107. The van der Waals surface area contributed by atoms with E-state index in [-0.39, 0.29) is 6.03 Å². The highest BCUT2D eigenvalue weighted by Crippen LogP contribution is 2.29. The number of piperidine rings is 1. The van der Waals surface area contributed by atoms with Crippen molar-refractivity contribution >= 4 is 6.03 Å². The number of nitrogens with zero attached hydrogens (tertiary/aromatic N) is 1. The van der Waals surface area contributed by atoms with Crippen LogP contribution in [0.3, 0.4) is 0 Å². The van der Waals surface area contributed by atoms with Crippen molar-refractivity contribution in [1.82, 2.24) is 15.5 Å². The molecule has 1 atom stereocenters. The van der Waals surface area contributed by atoms with Crippen LogP contribution < -0.4 is 10.6 Å². The summed E-state index contributed by atoms with van der Waals surface area (Å²) < 4.78 is 0. The van der Waals surface area contributed by atoms with Gasteiger partial charge in [-0.05, 0) is 44.7 Å². The van der Waals surface area contributed by atoms with Crippen LogP contribution in [-0.4, -0.2) is 43.7 Å². The van der Waals surface area contributed by atoms with Gasteiger partial charge in [-0.15, -0.1) is 0 Å². The zero-order valence-electron chi connectivity index (χ0n) is 9.46. The molecule has 2 amide bonds. The second kappa shape index (κ2) is 4.84. The van der Waals surface area contributed by atoms with Crippen molar-refractivity contribution in [2.45, 2.75) is 31.7 Å². The number of nitrogens with one attached hydrogen (secondary N) is 2. The molecule has 0 aromatic rings. The second-order valence-electron chi connectivity index (χ2n) is 4.55. The van der Waals surface area contributed by atoms with Gasteiger partial charge < -0.3 is 15.5 Å². The number of amides is 2. The fourth-order valence-electron chi connectivity index (χ4n) is 2.91. The largest absolute Gasteiger partial charge is 0.341 e.